The second-order valence-corrected chi connectivity index (χ2v) is 6.46. The minimum Gasteiger partial charge on any atom is -0.280 e. The molecule has 6 heteroatoms. The largest absolute Gasteiger partial charge is 0.280 e. The van der Waals surface area contributed by atoms with E-state index in [4.69, 9.17) is 23.2 Å². The number of aryl methyl sites for hydroxylation is 1. The first-order valence-electron chi connectivity index (χ1n) is 6.43. The first-order valence-corrected chi connectivity index (χ1v) is 8.67. The monoisotopic (exact) mass is 345 g/mol. The van der Waals surface area contributed by atoms with E-state index >= 15 is 0 Å². The smallest absolute Gasteiger partial charge is 0.263 e. The van der Waals surface area contributed by atoms with Crippen LogP contribution in [0.3, 0.4) is 0 Å². The summed E-state index contributed by atoms with van der Waals surface area (Å²) < 4.78 is 26.9. The summed E-state index contributed by atoms with van der Waals surface area (Å²) in [5.41, 5.74) is 1.52. The predicted molar refractivity (Wildman–Crippen MR) is 89.8 cm³/mol. The Morgan fingerprint density at radius 2 is 1.52 bits per heavy atom. The van der Waals surface area contributed by atoms with Gasteiger partial charge in [0.1, 0.15) is 4.90 Å². The van der Waals surface area contributed by atoms with E-state index in [2.05, 4.69) is 4.72 Å². The molecule has 0 fully saturated rings. The lowest BCUT2D eigenvalue weighted by atomic mass is 10.2. The quantitative estimate of drug-likeness (QED) is 0.837. The Morgan fingerprint density at radius 1 is 0.952 bits per heavy atom. The van der Waals surface area contributed by atoms with Crippen LogP contribution in [0.5, 0.6) is 0 Å². The van der Waals surface area contributed by atoms with E-state index in [0.717, 1.165) is 5.56 Å². The minimum absolute atomic E-state index is 0.0174. The second kappa shape index (κ2) is 7.69. The summed E-state index contributed by atoms with van der Waals surface area (Å²) in [5, 5.41) is 0.220. The standard InChI is InChI=1S/C13H11Cl2NO2S.C2H6/c1-9-5-7-10(8-6-9)16-19(17,18)12-4-2-3-11(14)13(12)15;1-2/h2-8,16H,1H3;1-2H3. The highest BCUT2D eigenvalue weighted by molar-refractivity contribution is 7.92. The highest BCUT2D eigenvalue weighted by atomic mass is 35.5. The molecule has 0 bridgehead atoms. The number of halogens is 2. The third-order valence-electron chi connectivity index (χ3n) is 2.51. The summed E-state index contributed by atoms with van der Waals surface area (Å²) in [6.07, 6.45) is 0. The minimum atomic E-state index is -3.75. The Labute approximate surface area is 136 Å². The molecule has 0 saturated carbocycles. The lowest BCUT2D eigenvalue weighted by Crippen LogP contribution is -2.13. The number of hydrogen-bond donors (Lipinski definition) is 1. The summed E-state index contributed by atoms with van der Waals surface area (Å²) in [6, 6.07) is 11.5. The van der Waals surface area contributed by atoms with Gasteiger partial charge in [-0.05, 0) is 31.2 Å². The van der Waals surface area contributed by atoms with E-state index in [0.29, 0.717) is 5.69 Å². The highest BCUT2D eigenvalue weighted by Crippen LogP contribution is 2.30. The SMILES string of the molecule is CC.Cc1ccc(NS(=O)(=O)c2cccc(Cl)c2Cl)cc1. The average molecular weight is 346 g/mol. The zero-order chi connectivity index (χ0) is 16.0. The molecule has 0 aliphatic heterocycles. The molecule has 0 heterocycles. The zero-order valence-corrected chi connectivity index (χ0v) is 14.4. The highest BCUT2D eigenvalue weighted by Gasteiger charge is 2.19. The van der Waals surface area contributed by atoms with Crippen LogP contribution in [0.2, 0.25) is 10.0 Å². The topological polar surface area (TPSA) is 46.2 Å². The van der Waals surface area contributed by atoms with Crippen molar-refractivity contribution in [3.05, 3.63) is 58.1 Å². The molecule has 0 spiro atoms. The van der Waals surface area contributed by atoms with Crippen molar-refractivity contribution in [1.82, 2.24) is 0 Å². The van der Waals surface area contributed by atoms with Crippen LogP contribution in [0.1, 0.15) is 19.4 Å². The molecule has 3 nitrogen and oxygen atoms in total. The summed E-state index contributed by atoms with van der Waals surface area (Å²) in [6.45, 7) is 5.92. The summed E-state index contributed by atoms with van der Waals surface area (Å²) in [4.78, 5) is -0.0396. The van der Waals surface area contributed by atoms with Crippen LogP contribution in [0.25, 0.3) is 0 Å². The van der Waals surface area contributed by atoms with Gasteiger partial charge in [0.25, 0.3) is 10.0 Å². The lowest BCUT2D eigenvalue weighted by molar-refractivity contribution is 0.601. The second-order valence-electron chi connectivity index (χ2n) is 4.02. The van der Waals surface area contributed by atoms with E-state index in [1.165, 1.54) is 18.2 Å². The number of anilines is 1. The molecule has 1 N–H and O–H groups in total. The number of benzene rings is 2. The molecule has 0 aliphatic rings. The molecule has 0 atom stereocenters. The van der Waals surface area contributed by atoms with Crippen LogP contribution in [-0.2, 0) is 10.0 Å². The van der Waals surface area contributed by atoms with Gasteiger partial charge < -0.3 is 0 Å². The van der Waals surface area contributed by atoms with Crippen molar-refractivity contribution in [3.8, 4) is 0 Å². The van der Waals surface area contributed by atoms with Crippen LogP contribution in [-0.4, -0.2) is 8.42 Å². The maximum absolute atomic E-state index is 12.2. The van der Waals surface area contributed by atoms with Crippen LogP contribution in [0.4, 0.5) is 5.69 Å². The maximum Gasteiger partial charge on any atom is 0.263 e. The zero-order valence-electron chi connectivity index (χ0n) is 12.0. The third-order valence-corrected chi connectivity index (χ3v) is 4.86. The molecule has 114 valence electrons. The molecule has 2 rings (SSSR count). The first-order chi connectivity index (χ1) is 9.90. The number of rotatable bonds is 3. The molecule has 2 aromatic carbocycles. The molecule has 2 aromatic rings. The van der Waals surface area contributed by atoms with Crippen LogP contribution in [0, 0.1) is 6.92 Å². The first kappa shape index (κ1) is 17.8. The van der Waals surface area contributed by atoms with Gasteiger partial charge in [-0.15, -0.1) is 0 Å². The molecular weight excluding hydrogens is 329 g/mol. The van der Waals surface area contributed by atoms with Crippen LogP contribution < -0.4 is 4.72 Å². The van der Waals surface area contributed by atoms with Gasteiger partial charge in [-0.1, -0.05) is 60.8 Å². The summed E-state index contributed by atoms with van der Waals surface area (Å²) >= 11 is 11.7. The van der Waals surface area contributed by atoms with Crippen molar-refractivity contribution < 1.29 is 8.42 Å². The average Bonchev–Trinajstić information content (AvgIpc) is 2.46. The predicted octanol–water partition coefficient (Wildman–Crippen LogP) is 5.13. The van der Waals surface area contributed by atoms with E-state index in [-0.39, 0.29) is 14.9 Å². The Morgan fingerprint density at radius 3 is 2.10 bits per heavy atom. The van der Waals surface area contributed by atoms with Crippen LogP contribution >= 0.6 is 23.2 Å². The Bertz CT molecular complexity index is 698. The van der Waals surface area contributed by atoms with Crippen molar-refractivity contribution >= 4 is 38.9 Å². The van der Waals surface area contributed by atoms with Gasteiger partial charge >= 0.3 is 0 Å². The molecule has 0 amide bonds. The number of nitrogens with one attached hydrogen (secondary N) is 1. The molecule has 0 aromatic heterocycles. The van der Waals surface area contributed by atoms with Crippen molar-refractivity contribution in [2.75, 3.05) is 4.72 Å². The van der Waals surface area contributed by atoms with Crippen molar-refractivity contribution in [3.63, 3.8) is 0 Å². The van der Waals surface area contributed by atoms with Crippen LogP contribution in [0.15, 0.2) is 47.4 Å². The molecule has 0 saturated heterocycles. The van der Waals surface area contributed by atoms with Crippen molar-refractivity contribution in [2.24, 2.45) is 0 Å². The fourth-order valence-corrected chi connectivity index (χ4v) is 3.34. The Kier molecular flexibility index (Phi) is 6.52. The fraction of sp³-hybridized carbons (Fsp3) is 0.200. The molecule has 0 aliphatic carbocycles. The third kappa shape index (κ3) is 4.63. The van der Waals surface area contributed by atoms with Gasteiger partial charge in [-0.2, -0.15) is 0 Å². The Hall–Kier alpha value is -1.23. The summed E-state index contributed by atoms with van der Waals surface area (Å²) in [5.74, 6) is 0. The van der Waals surface area contributed by atoms with E-state index in [9.17, 15) is 8.42 Å². The van der Waals surface area contributed by atoms with Gasteiger partial charge in [0.15, 0.2) is 0 Å². The molecule has 0 radical (unpaired) electrons. The number of hydrogen-bond acceptors (Lipinski definition) is 2. The van der Waals surface area contributed by atoms with Gasteiger partial charge in [0.2, 0.25) is 0 Å². The van der Waals surface area contributed by atoms with E-state index in [1.54, 1.807) is 12.1 Å². The molecule has 21 heavy (non-hydrogen) atoms. The van der Waals surface area contributed by atoms with Gasteiger partial charge in [-0.3, -0.25) is 4.72 Å². The summed E-state index contributed by atoms with van der Waals surface area (Å²) in [7, 11) is -3.75. The van der Waals surface area contributed by atoms with Gasteiger partial charge in [0, 0.05) is 5.69 Å². The maximum atomic E-state index is 12.2. The molecular formula is C15H17Cl2NO2S. The van der Waals surface area contributed by atoms with Gasteiger partial charge in [-0.25, -0.2) is 8.42 Å². The fourth-order valence-electron chi connectivity index (χ4n) is 1.52. The molecule has 0 unspecified atom stereocenters. The van der Waals surface area contributed by atoms with Gasteiger partial charge in [0.05, 0.1) is 10.0 Å². The number of sulfonamides is 1. The van der Waals surface area contributed by atoms with E-state index in [1.807, 2.05) is 32.9 Å². The normalized spacial score (nSPS) is 10.5. The van der Waals surface area contributed by atoms with Crippen molar-refractivity contribution in [2.45, 2.75) is 25.7 Å². The van der Waals surface area contributed by atoms with E-state index < -0.39 is 10.0 Å². The lowest BCUT2D eigenvalue weighted by Gasteiger charge is -2.10. The Balaban J connectivity index is 0.00000106. The van der Waals surface area contributed by atoms with Crippen molar-refractivity contribution in [1.29, 1.82) is 0 Å².